The van der Waals surface area contributed by atoms with E-state index >= 15 is 0 Å². The van der Waals surface area contributed by atoms with E-state index in [0.29, 0.717) is 5.56 Å². The van der Waals surface area contributed by atoms with Gasteiger partial charge in [0.2, 0.25) is 0 Å². The SMILES string of the molecule is Cc1cc(C)cc(NC(=O)c2ccc(NCCc3c[nH]c4ccccc34)nc2)c1. The zero-order valence-electron chi connectivity index (χ0n) is 16.6. The van der Waals surface area contributed by atoms with E-state index < -0.39 is 0 Å². The van der Waals surface area contributed by atoms with Crippen molar-refractivity contribution in [3.05, 3.63) is 89.2 Å². The predicted molar refractivity (Wildman–Crippen MR) is 119 cm³/mol. The molecule has 0 saturated heterocycles. The number of amides is 1. The number of benzene rings is 2. The highest BCUT2D eigenvalue weighted by Crippen LogP contribution is 2.18. The van der Waals surface area contributed by atoms with Crippen LogP contribution in [0.25, 0.3) is 10.9 Å². The van der Waals surface area contributed by atoms with E-state index in [0.717, 1.165) is 41.1 Å². The van der Waals surface area contributed by atoms with Crippen molar-refractivity contribution in [2.75, 3.05) is 17.2 Å². The molecule has 0 aliphatic carbocycles. The Morgan fingerprint density at radius 2 is 1.83 bits per heavy atom. The number of anilines is 2. The van der Waals surface area contributed by atoms with Gasteiger partial charge in [-0.3, -0.25) is 4.79 Å². The van der Waals surface area contributed by atoms with Gasteiger partial charge in [0.1, 0.15) is 5.82 Å². The molecule has 0 unspecified atom stereocenters. The van der Waals surface area contributed by atoms with Crippen molar-refractivity contribution >= 4 is 28.3 Å². The zero-order chi connectivity index (χ0) is 20.2. The largest absolute Gasteiger partial charge is 0.370 e. The number of aryl methyl sites for hydroxylation is 2. The molecule has 0 radical (unpaired) electrons. The summed E-state index contributed by atoms with van der Waals surface area (Å²) in [5, 5.41) is 7.51. The Morgan fingerprint density at radius 3 is 2.59 bits per heavy atom. The van der Waals surface area contributed by atoms with Crippen LogP contribution in [0.15, 0.2) is 67.0 Å². The summed E-state index contributed by atoms with van der Waals surface area (Å²) < 4.78 is 0. The summed E-state index contributed by atoms with van der Waals surface area (Å²) in [6, 6.07) is 17.9. The molecule has 5 heteroatoms. The minimum Gasteiger partial charge on any atom is -0.370 e. The van der Waals surface area contributed by atoms with E-state index in [4.69, 9.17) is 0 Å². The van der Waals surface area contributed by atoms with Gasteiger partial charge < -0.3 is 15.6 Å². The lowest BCUT2D eigenvalue weighted by Crippen LogP contribution is -2.13. The van der Waals surface area contributed by atoms with Gasteiger partial charge in [-0.15, -0.1) is 0 Å². The Morgan fingerprint density at radius 1 is 1.03 bits per heavy atom. The average molecular weight is 384 g/mol. The number of pyridine rings is 1. The van der Waals surface area contributed by atoms with Gasteiger partial charge in [0.25, 0.3) is 5.91 Å². The molecule has 2 aromatic carbocycles. The lowest BCUT2D eigenvalue weighted by atomic mass is 10.1. The normalized spacial score (nSPS) is 10.8. The summed E-state index contributed by atoms with van der Waals surface area (Å²) in [6.45, 7) is 4.80. The maximum absolute atomic E-state index is 12.5. The number of fused-ring (bicyclic) bond motifs is 1. The van der Waals surface area contributed by atoms with Gasteiger partial charge in [-0.25, -0.2) is 4.98 Å². The summed E-state index contributed by atoms with van der Waals surface area (Å²) in [6.07, 6.45) is 4.55. The Kier molecular flexibility index (Phi) is 5.29. The Labute approximate surface area is 170 Å². The molecule has 0 aliphatic rings. The van der Waals surface area contributed by atoms with E-state index in [1.165, 1.54) is 10.9 Å². The van der Waals surface area contributed by atoms with E-state index in [1.807, 2.05) is 38.1 Å². The quantitative estimate of drug-likeness (QED) is 0.434. The molecule has 0 aliphatic heterocycles. The number of nitrogens with one attached hydrogen (secondary N) is 3. The highest BCUT2D eigenvalue weighted by Gasteiger charge is 2.08. The summed E-state index contributed by atoms with van der Waals surface area (Å²) in [5.74, 6) is 0.598. The first-order valence-electron chi connectivity index (χ1n) is 9.73. The number of hydrogen-bond acceptors (Lipinski definition) is 3. The van der Waals surface area contributed by atoms with Crippen LogP contribution >= 0.6 is 0 Å². The van der Waals surface area contributed by atoms with Crippen LogP contribution in [0.4, 0.5) is 11.5 Å². The van der Waals surface area contributed by atoms with Gasteiger partial charge in [-0.05, 0) is 67.3 Å². The third kappa shape index (κ3) is 4.46. The molecule has 0 spiro atoms. The Bertz CT molecular complexity index is 1120. The highest BCUT2D eigenvalue weighted by atomic mass is 16.1. The molecule has 146 valence electrons. The molecule has 29 heavy (non-hydrogen) atoms. The van der Waals surface area contributed by atoms with E-state index in [9.17, 15) is 4.79 Å². The molecule has 2 aromatic heterocycles. The van der Waals surface area contributed by atoms with Crippen molar-refractivity contribution in [3.63, 3.8) is 0 Å². The van der Waals surface area contributed by atoms with Gasteiger partial charge in [0.05, 0.1) is 5.56 Å². The summed E-state index contributed by atoms with van der Waals surface area (Å²) in [5.41, 5.74) is 6.00. The van der Waals surface area contributed by atoms with Gasteiger partial charge in [-0.1, -0.05) is 24.3 Å². The first-order chi connectivity index (χ1) is 14.1. The molecule has 0 saturated carbocycles. The topological polar surface area (TPSA) is 69.8 Å². The van der Waals surface area contributed by atoms with Crippen LogP contribution in [0, 0.1) is 13.8 Å². The average Bonchev–Trinajstić information content (AvgIpc) is 3.11. The number of carbonyl (C=O) groups excluding carboxylic acids is 1. The number of para-hydroxylation sites is 1. The van der Waals surface area contributed by atoms with Crippen molar-refractivity contribution in [1.82, 2.24) is 9.97 Å². The molecular weight excluding hydrogens is 360 g/mol. The molecule has 0 fully saturated rings. The maximum Gasteiger partial charge on any atom is 0.257 e. The van der Waals surface area contributed by atoms with E-state index in [2.05, 4.69) is 51.1 Å². The predicted octanol–water partition coefficient (Wildman–Crippen LogP) is 5.09. The second kappa shape index (κ2) is 8.19. The fraction of sp³-hybridized carbons (Fsp3) is 0.167. The third-order valence-electron chi connectivity index (χ3n) is 4.88. The van der Waals surface area contributed by atoms with E-state index in [-0.39, 0.29) is 5.91 Å². The molecule has 5 nitrogen and oxygen atoms in total. The number of rotatable bonds is 6. The first kappa shape index (κ1) is 18.7. The fourth-order valence-electron chi connectivity index (χ4n) is 3.55. The number of H-pyrrole nitrogens is 1. The van der Waals surface area contributed by atoms with Crippen molar-refractivity contribution < 1.29 is 4.79 Å². The number of nitrogens with zero attached hydrogens (tertiary/aromatic N) is 1. The maximum atomic E-state index is 12.5. The van der Waals surface area contributed by atoms with Crippen LogP contribution in [-0.4, -0.2) is 22.4 Å². The minimum atomic E-state index is -0.159. The van der Waals surface area contributed by atoms with Crippen molar-refractivity contribution in [3.8, 4) is 0 Å². The molecule has 4 aromatic rings. The number of carbonyl (C=O) groups is 1. The van der Waals surface area contributed by atoms with Gasteiger partial charge >= 0.3 is 0 Å². The third-order valence-corrected chi connectivity index (χ3v) is 4.88. The molecule has 2 heterocycles. The highest BCUT2D eigenvalue weighted by molar-refractivity contribution is 6.04. The van der Waals surface area contributed by atoms with Gasteiger partial charge in [0, 0.05) is 35.5 Å². The molecule has 0 bridgehead atoms. The lowest BCUT2D eigenvalue weighted by molar-refractivity contribution is 0.102. The van der Waals surface area contributed by atoms with Crippen molar-refractivity contribution in [2.24, 2.45) is 0 Å². The van der Waals surface area contributed by atoms with Crippen LogP contribution in [0.2, 0.25) is 0 Å². The monoisotopic (exact) mass is 384 g/mol. The number of aromatic nitrogens is 2. The van der Waals surface area contributed by atoms with Gasteiger partial charge in [-0.2, -0.15) is 0 Å². The van der Waals surface area contributed by atoms with Crippen molar-refractivity contribution in [2.45, 2.75) is 20.3 Å². The second-order valence-electron chi connectivity index (χ2n) is 7.30. The lowest BCUT2D eigenvalue weighted by Gasteiger charge is -2.09. The number of hydrogen-bond donors (Lipinski definition) is 3. The van der Waals surface area contributed by atoms with E-state index in [1.54, 1.807) is 12.3 Å². The fourth-order valence-corrected chi connectivity index (χ4v) is 3.55. The standard InChI is InChI=1S/C24H24N4O/c1-16-11-17(2)13-20(12-16)28-24(29)19-7-8-23(27-15-19)25-10-9-18-14-26-22-6-4-3-5-21(18)22/h3-8,11-15,26H,9-10H2,1-2H3,(H,25,27)(H,28,29). The smallest absolute Gasteiger partial charge is 0.257 e. The van der Waals surface area contributed by atoms with Crippen LogP contribution in [-0.2, 0) is 6.42 Å². The molecule has 1 amide bonds. The summed E-state index contributed by atoms with van der Waals surface area (Å²) in [4.78, 5) is 20.1. The number of aromatic amines is 1. The van der Waals surface area contributed by atoms with Crippen molar-refractivity contribution in [1.29, 1.82) is 0 Å². The van der Waals surface area contributed by atoms with Crippen LogP contribution in [0.3, 0.4) is 0 Å². The van der Waals surface area contributed by atoms with Crippen LogP contribution in [0.1, 0.15) is 27.0 Å². The first-order valence-corrected chi connectivity index (χ1v) is 9.73. The minimum absolute atomic E-state index is 0.159. The molecule has 4 rings (SSSR count). The summed E-state index contributed by atoms with van der Waals surface area (Å²) >= 11 is 0. The molecule has 3 N–H and O–H groups in total. The van der Waals surface area contributed by atoms with Crippen LogP contribution < -0.4 is 10.6 Å². The Hall–Kier alpha value is -3.60. The molecule has 0 atom stereocenters. The summed E-state index contributed by atoms with van der Waals surface area (Å²) in [7, 11) is 0. The Balaban J connectivity index is 1.34. The second-order valence-corrected chi connectivity index (χ2v) is 7.30. The van der Waals surface area contributed by atoms with Crippen LogP contribution in [0.5, 0.6) is 0 Å². The van der Waals surface area contributed by atoms with Gasteiger partial charge in [0.15, 0.2) is 0 Å². The molecular formula is C24H24N4O. The zero-order valence-corrected chi connectivity index (χ0v) is 16.6.